The van der Waals surface area contributed by atoms with Gasteiger partial charge in [0.2, 0.25) is 0 Å². The van der Waals surface area contributed by atoms with Crippen LogP contribution in [0.25, 0.3) is 0 Å². The van der Waals surface area contributed by atoms with Crippen LogP contribution >= 0.6 is 20.3 Å². The molecule has 1 aromatic heterocycles. The van der Waals surface area contributed by atoms with Gasteiger partial charge in [0.15, 0.2) is 0 Å². The van der Waals surface area contributed by atoms with Gasteiger partial charge < -0.3 is 28.0 Å². The molecule has 57 heavy (non-hydrogen) atoms. The largest absolute Gasteiger partial charge is 0.497 e. The van der Waals surface area contributed by atoms with Crippen LogP contribution in [0.5, 0.6) is 11.5 Å². The SMILES string of the molecule is COc1ccc(C(OC[C@H]2O[C@@H](n3cc(C)c(SCCC#N)nc3=O)CC2OP(OCCC#N)N(C(C)C)C(C)C)(c2ccccc2)c2ccc(OC)cc2)cc1. The predicted octanol–water partition coefficient (Wildman–Crippen LogP) is 8.53. The Morgan fingerprint density at radius 2 is 1.49 bits per heavy atom. The normalized spacial score (nSPS) is 17.4. The van der Waals surface area contributed by atoms with Crippen molar-refractivity contribution >= 4 is 20.3 Å². The monoisotopic (exact) mass is 813 g/mol. The van der Waals surface area contributed by atoms with Crippen molar-refractivity contribution in [1.29, 1.82) is 10.5 Å². The Kier molecular flexibility index (Phi) is 16.1. The van der Waals surface area contributed by atoms with Gasteiger partial charge in [-0.2, -0.15) is 15.5 Å². The molecule has 0 spiro atoms. The average Bonchev–Trinajstić information content (AvgIpc) is 3.61. The number of benzene rings is 3. The Balaban J connectivity index is 1.59. The number of aromatic nitrogens is 2. The minimum atomic E-state index is -1.66. The maximum atomic E-state index is 13.6. The number of aryl methyl sites for hydroxylation is 1. The number of hydrogen-bond acceptors (Lipinski definition) is 12. The van der Waals surface area contributed by atoms with Gasteiger partial charge in [-0.1, -0.05) is 54.6 Å². The fourth-order valence-corrected chi connectivity index (χ4v) is 9.49. The first kappa shape index (κ1) is 43.8. The van der Waals surface area contributed by atoms with E-state index in [0.717, 1.165) is 22.3 Å². The Morgan fingerprint density at radius 1 is 0.912 bits per heavy atom. The van der Waals surface area contributed by atoms with Gasteiger partial charge in [0.05, 0.1) is 52.1 Å². The lowest BCUT2D eigenvalue weighted by Crippen LogP contribution is -2.39. The lowest BCUT2D eigenvalue weighted by Gasteiger charge is -2.39. The molecule has 12 nitrogen and oxygen atoms in total. The van der Waals surface area contributed by atoms with Crippen molar-refractivity contribution in [2.45, 2.75) is 95.0 Å². The number of hydrogen-bond donors (Lipinski definition) is 0. The van der Waals surface area contributed by atoms with Crippen molar-refractivity contribution in [2.24, 2.45) is 0 Å². The molecule has 2 unspecified atom stereocenters. The van der Waals surface area contributed by atoms with Crippen LogP contribution in [0.2, 0.25) is 0 Å². The van der Waals surface area contributed by atoms with E-state index < -0.39 is 38.3 Å². The second-order valence-electron chi connectivity index (χ2n) is 14.0. The fourth-order valence-electron chi connectivity index (χ4n) is 6.92. The van der Waals surface area contributed by atoms with Gasteiger partial charge in [0.25, 0.3) is 8.53 Å². The molecule has 1 aliphatic rings. The van der Waals surface area contributed by atoms with Crippen molar-refractivity contribution in [3.05, 3.63) is 118 Å². The highest BCUT2D eigenvalue weighted by Gasteiger charge is 2.45. The van der Waals surface area contributed by atoms with Gasteiger partial charge in [0, 0.05) is 36.9 Å². The van der Waals surface area contributed by atoms with Crippen molar-refractivity contribution in [3.63, 3.8) is 0 Å². The Bertz CT molecular complexity index is 1960. The van der Waals surface area contributed by atoms with Crippen LogP contribution in [0.3, 0.4) is 0 Å². The minimum absolute atomic E-state index is 0.0576. The van der Waals surface area contributed by atoms with Gasteiger partial charge >= 0.3 is 5.69 Å². The standard InChI is InChI=1S/C43H52N5O7PS/c1-30(2)48(31(3)4)56(53-25-11-23-44)55-38-27-40(47-28-32(5)41(46-42(47)49)57-26-12-24-45)54-39(38)29-52-43(33-13-9-8-10-14-33,34-15-19-36(50-6)20-16-34)35-17-21-37(51-7)22-18-35/h8-10,13-22,28,30-31,38-40H,11-12,25-27,29H2,1-7H3/t38?,39-,40-,56?/m1/s1. The maximum Gasteiger partial charge on any atom is 0.350 e. The molecule has 0 saturated carbocycles. The van der Waals surface area contributed by atoms with E-state index in [4.69, 9.17) is 33.3 Å². The van der Waals surface area contributed by atoms with Crippen molar-refractivity contribution in [1.82, 2.24) is 14.2 Å². The summed E-state index contributed by atoms with van der Waals surface area (Å²) in [5, 5.41) is 19.0. The average molecular weight is 814 g/mol. The summed E-state index contributed by atoms with van der Waals surface area (Å²) >= 11 is 1.38. The molecule has 4 aromatic rings. The van der Waals surface area contributed by atoms with Crippen LogP contribution in [0, 0.1) is 29.6 Å². The van der Waals surface area contributed by atoms with Crippen molar-refractivity contribution in [2.75, 3.05) is 33.2 Å². The molecule has 0 aliphatic carbocycles. The van der Waals surface area contributed by atoms with Crippen LogP contribution in [-0.2, 0) is 24.1 Å². The van der Waals surface area contributed by atoms with Gasteiger partial charge in [-0.3, -0.25) is 4.57 Å². The lowest BCUT2D eigenvalue weighted by atomic mass is 9.80. The van der Waals surface area contributed by atoms with Crippen molar-refractivity contribution < 1.29 is 28.0 Å². The molecule has 302 valence electrons. The van der Waals surface area contributed by atoms with E-state index in [2.05, 4.69) is 49.5 Å². The Hall–Kier alpha value is -4.30. The van der Waals surface area contributed by atoms with E-state index in [9.17, 15) is 10.1 Å². The number of nitrogens with zero attached hydrogens (tertiary/aromatic N) is 5. The summed E-state index contributed by atoms with van der Waals surface area (Å²) in [4.78, 5) is 18.0. The molecule has 1 fully saturated rings. The fraction of sp³-hybridized carbons (Fsp3) is 0.442. The molecule has 0 radical (unpaired) electrons. The molecule has 1 saturated heterocycles. The van der Waals surface area contributed by atoms with Crippen molar-refractivity contribution in [3.8, 4) is 23.6 Å². The van der Waals surface area contributed by atoms with E-state index in [1.807, 2.05) is 85.8 Å². The molecular formula is C43H52N5O7PS. The summed E-state index contributed by atoms with van der Waals surface area (Å²) in [5.74, 6) is 1.95. The predicted molar refractivity (Wildman–Crippen MR) is 221 cm³/mol. The molecule has 0 N–H and O–H groups in total. The molecule has 3 aromatic carbocycles. The number of ether oxygens (including phenoxy) is 4. The van der Waals surface area contributed by atoms with E-state index in [1.54, 1.807) is 20.4 Å². The molecule has 5 rings (SSSR count). The molecule has 2 heterocycles. The lowest BCUT2D eigenvalue weighted by molar-refractivity contribution is -0.0926. The third-order valence-electron chi connectivity index (χ3n) is 9.56. The first-order valence-electron chi connectivity index (χ1n) is 19.0. The Labute approximate surface area is 341 Å². The highest BCUT2D eigenvalue weighted by Crippen LogP contribution is 2.50. The molecule has 0 amide bonds. The zero-order chi connectivity index (χ0) is 41.0. The number of methoxy groups -OCH3 is 2. The third-order valence-corrected chi connectivity index (χ3v) is 12.8. The molecule has 1 aliphatic heterocycles. The highest BCUT2D eigenvalue weighted by atomic mass is 32.2. The minimum Gasteiger partial charge on any atom is -0.497 e. The second-order valence-corrected chi connectivity index (χ2v) is 16.5. The van der Waals surface area contributed by atoms with E-state index in [-0.39, 0.29) is 31.7 Å². The van der Waals surface area contributed by atoms with Crippen LogP contribution in [0.4, 0.5) is 0 Å². The van der Waals surface area contributed by atoms with Crippen LogP contribution in [0.15, 0.2) is 94.9 Å². The van der Waals surface area contributed by atoms with Crippen LogP contribution in [-0.4, -0.2) is 71.7 Å². The summed E-state index contributed by atoms with van der Waals surface area (Å²) in [5.41, 5.74) is 1.83. The summed E-state index contributed by atoms with van der Waals surface area (Å²) in [6, 6.07) is 30.1. The number of rotatable bonds is 20. The van der Waals surface area contributed by atoms with Crippen LogP contribution < -0.4 is 15.2 Å². The zero-order valence-electron chi connectivity index (χ0n) is 33.7. The Morgan fingerprint density at radius 3 is 2.04 bits per heavy atom. The summed E-state index contributed by atoms with van der Waals surface area (Å²) in [6.07, 6.45) is 0.656. The highest BCUT2D eigenvalue weighted by molar-refractivity contribution is 7.99. The smallest absolute Gasteiger partial charge is 0.350 e. The van der Waals surface area contributed by atoms with Gasteiger partial charge in [-0.15, -0.1) is 11.8 Å². The van der Waals surface area contributed by atoms with Gasteiger partial charge in [-0.05, 0) is 81.1 Å². The van der Waals surface area contributed by atoms with E-state index in [1.165, 1.54) is 16.3 Å². The number of thioether (sulfide) groups is 1. The second kappa shape index (κ2) is 20.9. The molecule has 0 bridgehead atoms. The summed E-state index contributed by atoms with van der Waals surface area (Å²) < 4.78 is 42.1. The van der Waals surface area contributed by atoms with Gasteiger partial charge in [0.1, 0.15) is 34.5 Å². The first-order valence-corrected chi connectivity index (χ1v) is 21.2. The topological polar surface area (TPSA) is 141 Å². The van der Waals surface area contributed by atoms with E-state index in [0.29, 0.717) is 35.1 Å². The summed E-state index contributed by atoms with van der Waals surface area (Å²) in [7, 11) is 1.61. The third kappa shape index (κ3) is 10.6. The van der Waals surface area contributed by atoms with E-state index >= 15 is 0 Å². The summed E-state index contributed by atoms with van der Waals surface area (Å²) in [6.45, 7) is 10.5. The quantitative estimate of drug-likeness (QED) is 0.0278. The molecule has 4 atom stereocenters. The number of nitriles is 2. The maximum absolute atomic E-state index is 13.6. The zero-order valence-corrected chi connectivity index (χ0v) is 35.4. The molecule has 14 heteroatoms. The van der Waals surface area contributed by atoms with Gasteiger partial charge in [-0.25, -0.2) is 9.46 Å². The molecular weight excluding hydrogens is 762 g/mol. The first-order chi connectivity index (χ1) is 27.6. The van der Waals surface area contributed by atoms with Crippen LogP contribution in [0.1, 0.15) is 75.4 Å².